The minimum atomic E-state index is -2.44. The molecule has 0 saturated carbocycles. The summed E-state index contributed by atoms with van der Waals surface area (Å²) in [5.41, 5.74) is 0. The monoisotopic (exact) mass is 234 g/mol. The van der Waals surface area contributed by atoms with Crippen LogP contribution in [0.2, 0.25) is 0 Å². The SMILES string of the molecule is COC(=O)CC(=O)N=S1(=O)CCNCC1. The molecule has 0 aromatic rings. The molecule has 0 radical (unpaired) electrons. The maximum absolute atomic E-state index is 11.9. The molecule has 1 amide bonds. The molecule has 0 aromatic carbocycles. The molecule has 1 aliphatic heterocycles. The van der Waals surface area contributed by atoms with Crippen LogP contribution in [-0.4, -0.2) is 47.8 Å². The second-order valence-electron chi connectivity index (χ2n) is 3.17. The molecule has 0 aromatic heterocycles. The Hall–Kier alpha value is -0.950. The second kappa shape index (κ2) is 5.22. The van der Waals surface area contributed by atoms with Gasteiger partial charge in [-0.2, -0.15) is 4.36 Å². The third kappa shape index (κ3) is 3.96. The van der Waals surface area contributed by atoms with Crippen LogP contribution in [0.1, 0.15) is 6.42 Å². The van der Waals surface area contributed by atoms with Crippen LogP contribution in [0.5, 0.6) is 0 Å². The van der Waals surface area contributed by atoms with E-state index >= 15 is 0 Å². The van der Waals surface area contributed by atoms with Gasteiger partial charge in [-0.1, -0.05) is 0 Å². The zero-order valence-corrected chi connectivity index (χ0v) is 9.34. The van der Waals surface area contributed by atoms with Crippen LogP contribution in [0.25, 0.3) is 0 Å². The lowest BCUT2D eigenvalue weighted by molar-refractivity contribution is -0.143. The van der Waals surface area contributed by atoms with Gasteiger partial charge in [0.25, 0.3) is 5.91 Å². The van der Waals surface area contributed by atoms with Gasteiger partial charge in [-0.3, -0.25) is 9.59 Å². The fourth-order valence-corrected chi connectivity index (χ4v) is 2.94. The van der Waals surface area contributed by atoms with Gasteiger partial charge in [-0.25, -0.2) is 4.21 Å². The van der Waals surface area contributed by atoms with Crippen LogP contribution in [0, 0.1) is 0 Å². The predicted octanol–water partition coefficient (Wildman–Crippen LogP) is -0.853. The van der Waals surface area contributed by atoms with E-state index in [9.17, 15) is 13.8 Å². The van der Waals surface area contributed by atoms with E-state index in [-0.39, 0.29) is 0 Å². The van der Waals surface area contributed by atoms with E-state index in [0.717, 1.165) is 0 Å². The van der Waals surface area contributed by atoms with Crippen LogP contribution in [0.3, 0.4) is 0 Å². The molecule has 1 saturated heterocycles. The Morgan fingerprint density at radius 3 is 2.53 bits per heavy atom. The highest BCUT2D eigenvalue weighted by Gasteiger charge is 2.17. The second-order valence-corrected chi connectivity index (χ2v) is 5.71. The molecule has 15 heavy (non-hydrogen) atoms. The van der Waals surface area contributed by atoms with Gasteiger partial charge in [0.15, 0.2) is 0 Å². The highest BCUT2D eigenvalue weighted by molar-refractivity contribution is 7.94. The highest BCUT2D eigenvalue weighted by atomic mass is 32.2. The first-order valence-electron chi connectivity index (χ1n) is 4.59. The van der Waals surface area contributed by atoms with E-state index < -0.39 is 28.0 Å². The van der Waals surface area contributed by atoms with Crippen molar-refractivity contribution in [1.29, 1.82) is 0 Å². The van der Waals surface area contributed by atoms with Crippen molar-refractivity contribution in [2.24, 2.45) is 4.36 Å². The Morgan fingerprint density at radius 2 is 2.00 bits per heavy atom. The quantitative estimate of drug-likeness (QED) is 0.497. The van der Waals surface area contributed by atoms with E-state index in [4.69, 9.17) is 0 Å². The summed E-state index contributed by atoms with van der Waals surface area (Å²) in [5.74, 6) is -0.589. The van der Waals surface area contributed by atoms with Gasteiger partial charge < -0.3 is 10.1 Å². The van der Waals surface area contributed by atoms with E-state index in [2.05, 4.69) is 14.4 Å². The van der Waals surface area contributed by atoms with Crippen molar-refractivity contribution in [2.75, 3.05) is 31.7 Å². The van der Waals surface area contributed by atoms with E-state index in [1.54, 1.807) is 0 Å². The number of hydrogen-bond acceptors (Lipinski definition) is 5. The van der Waals surface area contributed by atoms with Crippen LogP contribution >= 0.6 is 0 Å². The average Bonchev–Trinajstić information content (AvgIpc) is 2.17. The van der Waals surface area contributed by atoms with Gasteiger partial charge >= 0.3 is 5.97 Å². The summed E-state index contributed by atoms with van der Waals surface area (Å²) in [6.45, 7) is 1.18. The molecule has 86 valence electrons. The smallest absolute Gasteiger partial charge is 0.315 e. The molecule has 0 bridgehead atoms. The van der Waals surface area contributed by atoms with Crippen molar-refractivity contribution in [3.63, 3.8) is 0 Å². The molecule has 1 aliphatic rings. The number of ether oxygens (including phenoxy) is 1. The molecule has 1 heterocycles. The highest BCUT2D eigenvalue weighted by Crippen LogP contribution is 2.02. The number of rotatable bonds is 2. The number of esters is 1. The van der Waals surface area contributed by atoms with Gasteiger partial charge in [0.1, 0.15) is 6.42 Å². The number of nitrogens with zero attached hydrogens (tertiary/aromatic N) is 1. The third-order valence-electron chi connectivity index (χ3n) is 1.99. The van der Waals surface area contributed by atoms with Crippen molar-refractivity contribution >= 4 is 21.6 Å². The fourth-order valence-electron chi connectivity index (χ4n) is 1.20. The van der Waals surface area contributed by atoms with Crippen molar-refractivity contribution < 1.29 is 18.5 Å². The van der Waals surface area contributed by atoms with Gasteiger partial charge in [0, 0.05) is 24.6 Å². The minimum Gasteiger partial charge on any atom is -0.469 e. The maximum atomic E-state index is 11.9. The molecular formula is C8H14N2O4S. The lowest BCUT2D eigenvalue weighted by Crippen LogP contribution is -2.36. The summed E-state index contributed by atoms with van der Waals surface area (Å²) < 4.78 is 19.8. The van der Waals surface area contributed by atoms with Crippen molar-refractivity contribution in [2.45, 2.75) is 6.42 Å². The Balaban J connectivity index is 2.64. The first kappa shape index (κ1) is 12.1. The Labute approximate surface area is 88.6 Å². The molecule has 0 atom stereocenters. The molecule has 1 rings (SSSR count). The molecule has 6 nitrogen and oxygen atoms in total. The van der Waals surface area contributed by atoms with Crippen LogP contribution in [0.15, 0.2) is 4.36 Å². The van der Waals surface area contributed by atoms with E-state index in [1.807, 2.05) is 0 Å². The number of amides is 1. The van der Waals surface area contributed by atoms with E-state index in [1.165, 1.54) is 7.11 Å². The average molecular weight is 234 g/mol. The zero-order valence-electron chi connectivity index (χ0n) is 8.52. The molecule has 0 spiro atoms. The summed E-state index contributed by atoms with van der Waals surface area (Å²) in [4.78, 5) is 22.0. The van der Waals surface area contributed by atoms with Crippen molar-refractivity contribution in [1.82, 2.24) is 5.32 Å². The van der Waals surface area contributed by atoms with Gasteiger partial charge in [0.2, 0.25) is 0 Å². The summed E-state index contributed by atoms with van der Waals surface area (Å²) in [6.07, 6.45) is -0.430. The number of nitrogens with one attached hydrogen (secondary N) is 1. The Kier molecular flexibility index (Phi) is 4.22. The minimum absolute atomic E-state index is 0.361. The number of methoxy groups -OCH3 is 1. The van der Waals surface area contributed by atoms with E-state index in [0.29, 0.717) is 24.6 Å². The molecule has 1 N–H and O–H groups in total. The van der Waals surface area contributed by atoms with Crippen LogP contribution in [0.4, 0.5) is 0 Å². The molecule has 0 unspecified atom stereocenters. The van der Waals surface area contributed by atoms with Gasteiger partial charge in [-0.15, -0.1) is 0 Å². The van der Waals surface area contributed by atoms with Crippen LogP contribution in [-0.2, 0) is 24.1 Å². The molecule has 1 fully saturated rings. The third-order valence-corrected chi connectivity index (χ3v) is 4.21. The molecular weight excluding hydrogens is 220 g/mol. The van der Waals surface area contributed by atoms with Crippen LogP contribution < -0.4 is 5.32 Å². The normalized spacial score (nSPS) is 19.3. The van der Waals surface area contributed by atoms with Gasteiger partial charge in [-0.05, 0) is 0 Å². The fraction of sp³-hybridized carbons (Fsp3) is 0.750. The maximum Gasteiger partial charge on any atom is 0.315 e. The summed E-state index contributed by atoms with van der Waals surface area (Å²) in [7, 11) is -1.24. The standard InChI is InChI=1S/C8H14N2O4S/c1-14-8(12)6-7(11)10-15(13)4-2-9-3-5-15/h9H,2-6H2,1H3. The predicted molar refractivity (Wildman–Crippen MR) is 54.8 cm³/mol. The summed E-state index contributed by atoms with van der Waals surface area (Å²) in [5, 5.41) is 3.02. The largest absolute Gasteiger partial charge is 0.469 e. The number of carbonyl (C=O) groups excluding carboxylic acids is 2. The van der Waals surface area contributed by atoms with Crippen molar-refractivity contribution in [3.05, 3.63) is 0 Å². The topological polar surface area (TPSA) is 84.8 Å². The first-order chi connectivity index (χ1) is 7.06. The summed E-state index contributed by atoms with van der Waals surface area (Å²) >= 11 is 0. The molecule has 0 aliphatic carbocycles. The van der Waals surface area contributed by atoms with Crippen molar-refractivity contribution in [3.8, 4) is 0 Å². The number of hydrogen-bond donors (Lipinski definition) is 1. The number of carbonyl (C=O) groups is 2. The Morgan fingerprint density at radius 1 is 1.40 bits per heavy atom. The van der Waals surface area contributed by atoms with Gasteiger partial charge in [0.05, 0.1) is 16.8 Å². The zero-order chi connectivity index (χ0) is 11.3. The Bertz CT molecular complexity index is 359. The summed E-state index contributed by atoms with van der Waals surface area (Å²) in [6, 6.07) is 0. The lowest BCUT2D eigenvalue weighted by atomic mass is 10.4. The first-order valence-corrected chi connectivity index (χ1v) is 6.44. The molecule has 7 heteroatoms. The lowest BCUT2D eigenvalue weighted by Gasteiger charge is -2.15.